The van der Waals surface area contributed by atoms with E-state index >= 15 is 0 Å². The van der Waals surface area contributed by atoms with Gasteiger partial charge in [-0.15, -0.1) is 0 Å². The van der Waals surface area contributed by atoms with Gasteiger partial charge in [-0.05, 0) is 31.1 Å². The highest BCUT2D eigenvalue weighted by molar-refractivity contribution is 5.84. The maximum Gasteiger partial charge on any atom is 0.241 e. The number of amides is 1. The number of rotatable bonds is 7. The molecule has 3 heteroatoms. The lowest BCUT2D eigenvalue weighted by atomic mass is 9.75. The van der Waals surface area contributed by atoms with E-state index in [-0.39, 0.29) is 12.2 Å². The second-order valence-corrected chi connectivity index (χ2v) is 7.50. The van der Waals surface area contributed by atoms with Gasteiger partial charge in [0.15, 0.2) is 0 Å². The van der Waals surface area contributed by atoms with Gasteiger partial charge < -0.3 is 4.90 Å². The molecule has 3 nitrogen and oxygen atoms in total. The van der Waals surface area contributed by atoms with Crippen LogP contribution in [0.25, 0.3) is 0 Å². The normalized spacial score (nSPS) is 29.1. The average molecular weight is 294 g/mol. The van der Waals surface area contributed by atoms with Crippen molar-refractivity contribution >= 4 is 5.91 Å². The van der Waals surface area contributed by atoms with Gasteiger partial charge >= 0.3 is 0 Å². The summed E-state index contributed by atoms with van der Waals surface area (Å²) in [5, 5.41) is 3.61. The van der Waals surface area contributed by atoms with Crippen LogP contribution in [0.4, 0.5) is 0 Å². The van der Waals surface area contributed by atoms with Crippen LogP contribution in [0.1, 0.15) is 85.0 Å². The largest absolute Gasteiger partial charge is 0.325 e. The molecule has 21 heavy (non-hydrogen) atoms. The minimum atomic E-state index is 0.0775. The van der Waals surface area contributed by atoms with Crippen molar-refractivity contribution in [1.82, 2.24) is 10.2 Å². The molecule has 0 spiro atoms. The van der Waals surface area contributed by atoms with Crippen LogP contribution in [0.2, 0.25) is 0 Å². The van der Waals surface area contributed by atoms with E-state index in [0.29, 0.717) is 11.3 Å². The molecule has 2 aliphatic rings. The SMILES string of the molecule is CCCCC1NC(CCC)N(CC2(C)CCCCC2)C1=O. The van der Waals surface area contributed by atoms with Crippen molar-refractivity contribution < 1.29 is 4.79 Å². The van der Waals surface area contributed by atoms with Crippen molar-refractivity contribution in [3.8, 4) is 0 Å². The topological polar surface area (TPSA) is 32.3 Å². The number of unbranched alkanes of at least 4 members (excludes halogenated alkanes) is 1. The molecule has 1 aliphatic carbocycles. The molecule has 2 rings (SSSR count). The quantitative estimate of drug-likeness (QED) is 0.767. The summed E-state index contributed by atoms with van der Waals surface area (Å²) in [6.45, 7) is 7.77. The Morgan fingerprint density at radius 3 is 2.48 bits per heavy atom. The lowest BCUT2D eigenvalue weighted by Gasteiger charge is -2.38. The standard InChI is InChI=1S/C18H34N2O/c1-4-6-11-15-17(21)20(16(19-15)10-5-2)14-18(3)12-8-7-9-13-18/h15-16,19H,4-14H2,1-3H3. The Bertz CT molecular complexity index is 336. The van der Waals surface area contributed by atoms with Crippen LogP contribution in [0.15, 0.2) is 0 Å². The summed E-state index contributed by atoms with van der Waals surface area (Å²) in [6, 6.07) is 0.0775. The highest BCUT2D eigenvalue weighted by atomic mass is 16.2. The molecule has 1 N–H and O–H groups in total. The number of hydrogen-bond acceptors (Lipinski definition) is 2. The summed E-state index contributed by atoms with van der Waals surface area (Å²) in [5.41, 5.74) is 0.348. The number of nitrogens with zero attached hydrogens (tertiary/aromatic N) is 1. The Kier molecular flexibility index (Phi) is 6.09. The molecule has 1 amide bonds. The second-order valence-electron chi connectivity index (χ2n) is 7.50. The van der Waals surface area contributed by atoms with E-state index < -0.39 is 0 Å². The molecule has 0 aromatic carbocycles. The van der Waals surface area contributed by atoms with E-state index in [1.54, 1.807) is 0 Å². The molecular formula is C18H34N2O. The first-order valence-electron chi connectivity index (χ1n) is 9.16. The first kappa shape index (κ1) is 16.8. The van der Waals surface area contributed by atoms with E-state index in [9.17, 15) is 4.79 Å². The van der Waals surface area contributed by atoms with Crippen molar-refractivity contribution in [3.63, 3.8) is 0 Å². The van der Waals surface area contributed by atoms with E-state index in [2.05, 4.69) is 31.0 Å². The summed E-state index contributed by atoms with van der Waals surface area (Å²) < 4.78 is 0. The van der Waals surface area contributed by atoms with Gasteiger partial charge in [0.2, 0.25) is 5.91 Å². The number of hydrogen-bond donors (Lipinski definition) is 1. The zero-order chi connectivity index (χ0) is 15.3. The minimum Gasteiger partial charge on any atom is -0.325 e. The molecule has 2 unspecified atom stereocenters. The fourth-order valence-corrected chi connectivity index (χ4v) is 4.04. The predicted octanol–water partition coefficient (Wildman–Crippen LogP) is 4.07. The van der Waals surface area contributed by atoms with Crippen molar-refractivity contribution in [1.29, 1.82) is 0 Å². The molecule has 0 bridgehead atoms. The van der Waals surface area contributed by atoms with E-state index in [4.69, 9.17) is 0 Å². The first-order valence-corrected chi connectivity index (χ1v) is 9.16. The van der Waals surface area contributed by atoms with Gasteiger partial charge in [-0.2, -0.15) is 0 Å². The summed E-state index contributed by atoms with van der Waals surface area (Å²) in [4.78, 5) is 15.0. The summed E-state index contributed by atoms with van der Waals surface area (Å²) in [7, 11) is 0. The molecule has 1 saturated heterocycles. The molecule has 0 aromatic rings. The van der Waals surface area contributed by atoms with Crippen molar-refractivity contribution in [3.05, 3.63) is 0 Å². The van der Waals surface area contributed by atoms with E-state index in [0.717, 1.165) is 32.2 Å². The lowest BCUT2D eigenvalue weighted by Crippen LogP contribution is -2.44. The van der Waals surface area contributed by atoms with Gasteiger partial charge in [0.1, 0.15) is 0 Å². The number of carbonyl (C=O) groups excluding carboxylic acids is 1. The molecule has 0 aromatic heterocycles. The van der Waals surface area contributed by atoms with Gasteiger partial charge in [0.05, 0.1) is 12.2 Å². The van der Waals surface area contributed by atoms with Crippen LogP contribution < -0.4 is 5.32 Å². The van der Waals surface area contributed by atoms with Gasteiger partial charge in [-0.1, -0.05) is 59.3 Å². The third-order valence-corrected chi connectivity index (χ3v) is 5.37. The van der Waals surface area contributed by atoms with Crippen LogP contribution in [-0.2, 0) is 4.79 Å². The Morgan fingerprint density at radius 1 is 1.14 bits per heavy atom. The molecule has 2 atom stereocenters. The third kappa shape index (κ3) is 4.21. The van der Waals surface area contributed by atoms with Crippen LogP contribution in [0.5, 0.6) is 0 Å². The summed E-state index contributed by atoms with van der Waals surface area (Å²) in [6.07, 6.45) is 12.4. The molecule has 2 fully saturated rings. The maximum absolute atomic E-state index is 12.8. The van der Waals surface area contributed by atoms with Crippen LogP contribution in [-0.4, -0.2) is 29.6 Å². The lowest BCUT2D eigenvalue weighted by molar-refractivity contribution is -0.132. The van der Waals surface area contributed by atoms with Gasteiger partial charge in [0, 0.05) is 6.54 Å². The van der Waals surface area contributed by atoms with Crippen molar-refractivity contribution in [2.24, 2.45) is 5.41 Å². The third-order valence-electron chi connectivity index (χ3n) is 5.37. The second kappa shape index (κ2) is 7.62. The fourth-order valence-electron chi connectivity index (χ4n) is 4.04. The fraction of sp³-hybridized carbons (Fsp3) is 0.944. The number of carbonyl (C=O) groups is 1. The molecule has 122 valence electrons. The predicted molar refractivity (Wildman–Crippen MR) is 88.0 cm³/mol. The monoisotopic (exact) mass is 294 g/mol. The number of nitrogens with one attached hydrogen (secondary N) is 1. The first-order chi connectivity index (χ1) is 10.1. The Labute approximate surface area is 130 Å². The van der Waals surface area contributed by atoms with Gasteiger partial charge in [-0.25, -0.2) is 0 Å². The zero-order valence-electron chi connectivity index (χ0n) is 14.3. The van der Waals surface area contributed by atoms with E-state index in [1.807, 2.05) is 0 Å². The summed E-state index contributed by atoms with van der Waals surface area (Å²) in [5.74, 6) is 0.369. The molecular weight excluding hydrogens is 260 g/mol. The zero-order valence-corrected chi connectivity index (χ0v) is 14.3. The molecule has 1 aliphatic heterocycles. The Balaban J connectivity index is 2.01. The molecule has 0 radical (unpaired) electrons. The van der Waals surface area contributed by atoms with Crippen LogP contribution in [0.3, 0.4) is 0 Å². The summed E-state index contributed by atoms with van der Waals surface area (Å²) >= 11 is 0. The van der Waals surface area contributed by atoms with Crippen molar-refractivity contribution in [2.75, 3.05) is 6.54 Å². The smallest absolute Gasteiger partial charge is 0.241 e. The van der Waals surface area contributed by atoms with Crippen LogP contribution >= 0.6 is 0 Å². The molecule has 1 heterocycles. The Morgan fingerprint density at radius 2 is 1.86 bits per heavy atom. The van der Waals surface area contributed by atoms with Gasteiger partial charge in [0.25, 0.3) is 0 Å². The minimum absolute atomic E-state index is 0.0775. The molecule has 1 saturated carbocycles. The average Bonchev–Trinajstić information content (AvgIpc) is 2.75. The Hall–Kier alpha value is -0.570. The van der Waals surface area contributed by atoms with Crippen LogP contribution in [0, 0.1) is 5.41 Å². The van der Waals surface area contributed by atoms with Gasteiger partial charge in [-0.3, -0.25) is 10.1 Å². The van der Waals surface area contributed by atoms with E-state index in [1.165, 1.54) is 38.5 Å². The highest BCUT2D eigenvalue weighted by Crippen LogP contribution is 2.37. The maximum atomic E-state index is 12.8. The van der Waals surface area contributed by atoms with Crippen molar-refractivity contribution in [2.45, 2.75) is 97.2 Å². The highest BCUT2D eigenvalue weighted by Gasteiger charge is 2.41.